The average Bonchev–Trinajstić information content (AvgIpc) is 3.33. The number of rotatable bonds is 9. The number of nitro groups is 1. The number of aryl methyl sites for hydroxylation is 1. The quantitative estimate of drug-likeness (QED) is 0.251. The topological polar surface area (TPSA) is 167 Å². The maximum atomic E-state index is 12.5. The number of amides is 1. The summed E-state index contributed by atoms with van der Waals surface area (Å²) in [4.78, 5) is 30.8. The number of sulfonamides is 1. The molecule has 4 rings (SSSR count). The summed E-state index contributed by atoms with van der Waals surface area (Å²) in [7, 11) is -3.91. The number of anilines is 2. The molecule has 0 fully saturated rings. The molecule has 0 aliphatic rings. The Labute approximate surface area is 205 Å². The van der Waals surface area contributed by atoms with Gasteiger partial charge in [0.1, 0.15) is 12.4 Å². The molecule has 0 aliphatic heterocycles. The number of ether oxygens (including phenoxy) is 1. The molecule has 2 N–H and O–H groups in total. The summed E-state index contributed by atoms with van der Waals surface area (Å²) < 4.78 is 38.2. The Balaban J connectivity index is 1.37. The number of carbonyl (C=O) groups excluding carboxylic acids is 1. The Morgan fingerprint density at radius 1 is 1.08 bits per heavy atom. The highest BCUT2D eigenvalue weighted by Gasteiger charge is 2.18. The molecule has 0 unspecified atom stereocenters. The third-order valence-corrected chi connectivity index (χ3v) is 6.12. The van der Waals surface area contributed by atoms with Crippen LogP contribution in [0.25, 0.3) is 0 Å². The van der Waals surface area contributed by atoms with Crippen LogP contribution in [0, 0.1) is 17.0 Å². The van der Waals surface area contributed by atoms with E-state index in [1.807, 2.05) is 0 Å². The molecule has 2 aromatic carbocycles. The molecular formula is C23H19N5O7S. The van der Waals surface area contributed by atoms with E-state index in [0.29, 0.717) is 5.69 Å². The van der Waals surface area contributed by atoms with E-state index in [2.05, 4.69) is 20.0 Å². The predicted octanol–water partition coefficient (Wildman–Crippen LogP) is 3.92. The minimum atomic E-state index is -3.91. The van der Waals surface area contributed by atoms with Gasteiger partial charge in [0.25, 0.3) is 15.9 Å². The number of carbonyl (C=O) groups is 1. The van der Waals surface area contributed by atoms with Gasteiger partial charge >= 0.3 is 5.69 Å². The first-order valence-electron chi connectivity index (χ1n) is 10.4. The second-order valence-electron chi connectivity index (χ2n) is 7.44. The average molecular weight is 510 g/mol. The van der Waals surface area contributed by atoms with Crippen LogP contribution in [0.3, 0.4) is 0 Å². The summed E-state index contributed by atoms with van der Waals surface area (Å²) >= 11 is 0. The second kappa shape index (κ2) is 10.2. The molecule has 0 aliphatic carbocycles. The number of furan rings is 1. The summed E-state index contributed by atoms with van der Waals surface area (Å²) in [6.45, 7) is 1.61. The first kappa shape index (κ1) is 24.3. The largest absolute Gasteiger partial charge is 0.479 e. The van der Waals surface area contributed by atoms with Crippen molar-refractivity contribution in [1.82, 2.24) is 9.97 Å². The predicted molar refractivity (Wildman–Crippen MR) is 128 cm³/mol. The second-order valence-corrected chi connectivity index (χ2v) is 9.12. The first-order valence-corrected chi connectivity index (χ1v) is 11.9. The monoisotopic (exact) mass is 509 g/mol. The Bertz CT molecular complexity index is 1500. The van der Waals surface area contributed by atoms with Crippen molar-refractivity contribution in [1.29, 1.82) is 0 Å². The molecule has 36 heavy (non-hydrogen) atoms. The van der Waals surface area contributed by atoms with Crippen LogP contribution in [0.5, 0.6) is 5.75 Å². The number of nitrogens with zero attached hydrogens (tertiary/aromatic N) is 3. The molecule has 184 valence electrons. The van der Waals surface area contributed by atoms with Crippen LogP contribution >= 0.6 is 0 Å². The molecule has 0 saturated heterocycles. The Kier molecular flexibility index (Phi) is 6.92. The molecule has 0 atom stereocenters. The minimum absolute atomic E-state index is 0.0217. The van der Waals surface area contributed by atoms with Gasteiger partial charge in [-0.05, 0) is 61.0 Å². The van der Waals surface area contributed by atoms with Crippen LogP contribution in [0.1, 0.15) is 21.9 Å². The van der Waals surface area contributed by atoms with Gasteiger partial charge in [0.15, 0.2) is 11.5 Å². The highest BCUT2D eigenvalue weighted by atomic mass is 32.2. The van der Waals surface area contributed by atoms with Crippen molar-refractivity contribution in [3.8, 4) is 5.75 Å². The van der Waals surface area contributed by atoms with Crippen LogP contribution in [-0.4, -0.2) is 29.2 Å². The van der Waals surface area contributed by atoms with Crippen LogP contribution < -0.4 is 14.8 Å². The van der Waals surface area contributed by atoms with E-state index in [4.69, 9.17) is 9.15 Å². The van der Waals surface area contributed by atoms with Gasteiger partial charge in [-0.2, -0.15) is 0 Å². The molecule has 4 aromatic rings. The normalized spacial score (nSPS) is 11.0. The van der Waals surface area contributed by atoms with Crippen LogP contribution in [-0.2, 0) is 16.6 Å². The lowest BCUT2D eigenvalue weighted by Gasteiger charge is -2.08. The van der Waals surface area contributed by atoms with E-state index in [0.717, 1.165) is 5.56 Å². The van der Waals surface area contributed by atoms with Gasteiger partial charge in [-0.25, -0.2) is 23.1 Å². The Morgan fingerprint density at radius 3 is 2.50 bits per heavy atom. The third kappa shape index (κ3) is 5.82. The van der Waals surface area contributed by atoms with Gasteiger partial charge in [0.05, 0.1) is 9.82 Å². The van der Waals surface area contributed by atoms with Crippen molar-refractivity contribution < 1.29 is 27.3 Å². The van der Waals surface area contributed by atoms with Crippen molar-refractivity contribution >= 4 is 33.3 Å². The molecule has 2 aromatic heterocycles. The van der Waals surface area contributed by atoms with Gasteiger partial charge in [0.2, 0.25) is 5.95 Å². The minimum Gasteiger partial charge on any atom is -0.479 e. The Hall–Kier alpha value is -4.78. The lowest BCUT2D eigenvalue weighted by atomic mass is 10.2. The zero-order valence-corrected chi connectivity index (χ0v) is 19.6. The van der Waals surface area contributed by atoms with Gasteiger partial charge in [-0.1, -0.05) is 6.07 Å². The van der Waals surface area contributed by atoms with Gasteiger partial charge < -0.3 is 14.5 Å². The van der Waals surface area contributed by atoms with Crippen LogP contribution in [0.2, 0.25) is 0 Å². The van der Waals surface area contributed by atoms with Crippen molar-refractivity contribution in [3.63, 3.8) is 0 Å². The van der Waals surface area contributed by atoms with E-state index in [9.17, 15) is 23.3 Å². The number of hydrogen-bond acceptors (Lipinski definition) is 9. The molecule has 2 heterocycles. The number of nitrogens with one attached hydrogen (secondary N) is 2. The summed E-state index contributed by atoms with van der Waals surface area (Å²) in [6.07, 6.45) is 2.81. The van der Waals surface area contributed by atoms with Crippen LogP contribution in [0.15, 0.2) is 82.4 Å². The fraction of sp³-hybridized carbons (Fsp3) is 0.0870. The van der Waals surface area contributed by atoms with Crippen molar-refractivity contribution in [2.45, 2.75) is 18.4 Å². The van der Waals surface area contributed by atoms with E-state index in [1.54, 1.807) is 19.1 Å². The van der Waals surface area contributed by atoms with E-state index in [-0.39, 0.29) is 40.4 Å². The zero-order chi connectivity index (χ0) is 25.7. The SMILES string of the molecule is Cc1ccc(OCc2ccc(C(=O)Nc3ccc(S(=O)(=O)Nc4ncccn4)cc3)o2)c([N+](=O)[O-])c1. The smallest absolute Gasteiger partial charge is 0.311 e. The lowest BCUT2D eigenvalue weighted by molar-refractivity contribution is -0.386. The molecule has 0 spiro atoms. The number of benzene rings is 2. The summed E-state index contributed by atoms with van der Waals surface area (Å²) in [5, 5.41) is 13.8. The Morgan fingerprint density at radius 2 is 1.81 bits per heavy atom. The highest BCUT2D eigenvalue weighted by Crippen LogP contribution is 2.28. The molecule has 12 nitrogen and oxygen atoms in total. The molecular weight excluding hydrogens is 490 g/mol. The summed E-state index contributed by atoms with van der Waals surface area (Å²) in [5.74, 6) is -0.299. The maximum Gasteiger partial charge on any atom is 0.311 e. The van der Waals surface area contributed by atoms with E-state index < -0.39 is 20.9 Å². The van der Waals surface area contributed by atoms with Gasteiger partial charge in [0, 0.05) is 24.1 Å². The molecule has 0 radical (unpaired) electrons. The molecule has 0 bridgehead atoms. The zero-order valence-electron chi connectivity index (χ0n) is 18.7. The van der Waals surface area contributed by atoms with Crippen molar-refractivity contribution in [2.75, 3.05) is 10.0 Å². The van der Waals surface area contributed by atoms with Gasteiger partial charge in [-0.15, -0.1) is 0 Å². The first-order chi connectivity index (χ1) is 17.2. The van der Waals surface area contributed by atoms with Crippen molar-refractivity contribution in [2.24, 2.45) is 0 Å². The van der Waals surface area contributed by atoms with Gasteiger partial charge in [-0.3, -0.25) is 14.9 Å². The van der Waals surface area contributed by atoms with Crippen LogP contribution in [0.4, 0.5) is 17.3 Å². The number of hydrogen-bond donors (Lipinski definition) is 2. The fourth-order valence-corrected chi connectivity index (χ4v) is 4.02. The molecule has 13 heteroatoms. The van der Waals surface area contributed by atoms with Crippen molar-refractivity contribution in [3.05, 3.63) is 100 Å². The highest BCUT2D eigenvalue weighted by molar-refractivity contribution is 7.92. The van der Waals surface area contributed by atoms with E-state index in [1.165, 1.54) is 60.9 Å². The number of aromatic nitrogens is 2. The lowest BCUT2D eigenvalue weighted by Crippen LogP contribution is -2.15. The molecule has 0 saturated carbocycles. The summed E-state index contributed by atoms with van der Waals surface area (Å²) in [6, 6.07) is 14.6. The van der Waals surface area contributed by atoms with E-state index >= 15 is 0 Å². The number of nitro benzene ring substituents is 1. The maximum absolute atomic E-state index is 12.5. The molecule has 1 amide bonds. The third-order valence-electron chi connectivity index (χ3n) is 4.78. The summed E-state index contributed by atoms with van der Waals surface area (Å²) in [5.41, 5.74) is 0.883. The fourth-order valence-electron chi connectivity index (χ4n) is 3.06. The standard InChI is InChI=1S/C23H19N5O7S/c1-15-3-9-20(19(13-15)28(30)31)34-14-17-6-10-21(35-17)22(29)26-16-4-7-18(8-5-16)36(32,33)27-23-24-11-2-12-25-23/h2-13H,14H2,1H3,(H,26,29)(H,24,25,27).